The lowest BCUT2D eigenvalue weighted by Gasteiger charge is -2.02. The molecule has 3 heterocycles. The molecular weight excluding hydrogens is 286 g/mol. The highest BCUT2D eigenvalue weighted by molar-refractivity contribution is 7.98. The summed E-state index contributed by atoms with van der Waals surface area (Å²) in [5.74, 6) is 1.45. The van der Waals surface area contributed by atoms with Gasteiger partial charge in [0.2, 0.25) is 5.78 Å². The largest absolute Gasteiger partial charge is 0.390 e. The Balaban J connectivity index is 1.82. The summed E-state index contributed by atoms with van der Waals surface area (Å²) in [6.07, 6.45) is 3.71. The van der Waals surface area contributed by atoms with E-state index in [1.165, 1.54) is 0 Å². The summed E-state index contributed by atoms with van der Waals surface area (Å²) in [5.41, 5.74) is 3.87. The highest BCUT2D eigenvalue weighted by Crippen LogP contribution is 2.22. The molecule has 3 rings (SSSR count). The molecule has 0 saturated carbocycles. The molecule has 6 nitrogen and oxygen atoms in total. The van der Waals surface area contributed by atoms with Crippen LogP contribution in [0.15, 0.2) is 23.6 Å². The first kappa shape index (κ1) is 14.1. The fourth-order valence-electron chi connectivity index (χ4n) is 2.23. The summed E-state index contributed by atoms with van der Waals surface area (Å²) in [4.78, 5) is 13.3. The van der Waals surface area contributed by atoms with Crippen LogP contribution in [0.25, 0.3) is 5.78 Å². The second-order valence-electron chi connectivity index (χ2n) is 4.98. The molecule has 3 aromatic heterocycles. The molecule has 0 unspecified atom stereocenters. The number of imidazole rings is 2. The van der Waals surface area contributed by atoms with Crippen molar-refractivity contribution < 1.29 is 5.11 Å². The number of hydrogen-bond donors (Lipinski definition) is 1. The minimum atomic E-state index is 0.000810. The molecule has 0 aliphatic rings. The van der Waals surface area contributed by atoms with Gasteiger partial charge in [-0.25, -0.2) is 15.0 Å². The zero-order valence-electron chi connectivity index (χ0n) is 12.2. The van der Waals surface area contributed by atoms with E-state index in [0.29, 0.717) is 0 Å². The highest BCUT2D eigenvalue weighted by atomic mass is 32.2. The lowest BCUT2D eigenvalue weighted by atomic mass is 10.3. The Morgan fingerprint density at radius 2 is 2.10 bits per heavy atom. The van der Waals surface area contributed by atoms with Crippen LogP contribution in [0, 0.1) is 13.8 Å². The number of rotatable bonds is 4. The van der Waals surface area contributed by atoms with E-state index in [2.05, 4.69) is 15.0 Å². The number of aliphatic hydroxyl groups excluding tert-OH is 1. The molecule has 0 aliphatic carbocycles. The lowest BCUT2D eigenvalue weighted by Crippen LogP contribution is -1.97. The molecule has 21 heavy (non-hydrogen) atoms. The van der Waals surface area contributed by atoms with E-state index in [4.69, 9.17) is 0 Å². The minimum Gasteiger partial charge on any atom is -0.390 e. The maximum atomic E-state index is 9.17. The normalized spacial score (nSPS) is 11.4. The molecule has 0 radical (unpaired) electrons. The quantitative estimate of drug-likeness (QED) is 0.745. The maximum Gasteiger partial charge on any atom is 0.234 e. The van der Waals surface area contributed by atoms with Gasteiger partial charge >= 0.3 is 0 Å². The fourth-order valence-corrected chi connectivity index (χ4v) is 3.09. The van der Waals surface area contributed by atoms with Crippen LogP contribution in [0.5, 0.6) is 0 Å². The molecule has 0 spiro atoms. The van der Waals surface area contributed by atoms with Crippen LogP contribution >= 0.6 is 11.8 Å². The monoisotopic (exact) mass is 303 g/mol. The zero-order valence-corrected chi connectivity index (χ0v) is 13.1. The van der Waals surface area contributed by atoms with E-state index in [0.717, 1.165) is 39.5 Å². The van der Waals surface area contributed by atoms with Gasteiger partial charge < -0.3 is 9.67 Å². The van der Waals surface area contributed by atoms with Crippen LogP contribution in [0.1, 0.15) is 22.8 Å². The van der Waals surface area contributed by atoms with Gasteiger partial charge in [-0.15, -0.1) is 0 Å². The van der Waals surface area contributed by atoms with Crippen molar-refractivity contribution in [3.8, 4) is 0 Å². The number of aliphatic hydroxyl groups is 1. The van der Waals surface area contributed by atoms with Gasteiger partial charge in [0.25, 0.3) is 0 Å². The molecule has 0 amide bonds. The van der Waals surface area contributed by atoms with Crippen LogP contribution in [0.2, 0.25) is 0 Å². The maximum absolute atomic E-state index is 9.17. The van der Waals surface area contributed by atoms with Crippen molar-refractivity contribution in [2.45, 2.75) is 31.4 Å². The van der Waals surface area contributed by atoms with Gasteiger partial charge in [0.15, 0.2) is 5.16 Å². The van der Waals surface area contributed by atoms with E-state index >= 15 is 0 Å². The Kier molecular flexibility index (Phi) is 3.69. The van der Waals surface area contributed by atoms with Crippen molar-refractivity contribution in [3.05, 3.63) is 41.2 Å². The van der Waals surface area contributed by atoms with Gasteiger partial charge in [-0.05, 0) is 19.9 Å². The third-order valence-corrected chi connectivity index (χ3v) is 4.44. The van der Waals surface area contributed by atoms with Gasteiger partial charge in [-0.3, -0.25) is 4.40 Å². The summed E-state index contributed by atoms with van der Waals surface area (Å²) in [7, 11) is 1.90. The number of aromatic nitrogens is 5. The standard InChI is InChI=1S/C14H17N5OS/c1-9-4-10(2)19-6-11(17-13(19)16-9)8-21-14-15-5-12(7-20)18(14)3/h4-6,20H,7-8H2,1-3H3. The number of nitrogens with zero attached hydrogens (tertiary/aromatic N) is 5. The summed E-state index contributed by atoms with van der Waals surface area (Å²) >= 11 is 1.60. The van der Waals surface area contributed by atoms with Gasteiger partial charge in [0.1, 0.15) is 0 Å². The molecule has 7 heteroatoms. The molecule has 0 aliphatic heterocycles. The first-order valence-electron chi connectivity index (χ1n) is 6.65. The van der Waals surface area contributed by atoms with E-state index in [1.54, 1.807) is 18.0 Å². The van der Waals surface area contributed by atoms with Gasteiger partial charge in [-0.2, -0.15) is 0 Å². The van der Waals surface area contributed by atoms with Crippen LogP contribution in [0.3, 0.4) is 0 Å². The zero-order chi connectivity index (χ0) is 15.0. The molecule has 3 aromatic rings. The van der Waals surface area contributed by atoms with Gasteiger partial charge in [0, 0.05) is 30.4 Å². The molecule has 0 bridgehead atoms. The molecule has 0 atom stereocenters. The molecule has 110 valence electrons. The number of fused-ring (bicyclic) bond motifs is 1. The van der Waals surface area contributed by atoms with Crippen molar-refractivity contribution in [1.29, 1.82) is 0 Å². The number of thioether (sulfide) groups is 1. The summed E-state index contributed by atoms with van der Waals surface area (Å²) in [6, 6.07) is 2.04. The third-order valence-electron chi connectivity index (χ3n) is 3.36. The third kappa shape index (κ3) is 2.66. The van der Waals surface area contributed by atoms with Gasteiger partial charge in [0.05, 0.1) is 24.2 Å². The number of aryl methyl sites for hydroxylation is 2. The second-order valence-corrected chi connectivity index (χ2v) is 5.92. The first-order valence-corrected chi connectivity index (χ1v) is 7.63. The Labute approximate surface area is 126 Å². The Morgan fingerprint density at radius 1 is 1.29 bits per heavy atom. The van der Waals surface area contributed by atoms with Crippen molar-refractivity contribution in [2.24, 2.45) is 7.05 Å². The summed E-state index contributed by atoms with van der Waals surface area (Å²) in [5, 5.41) is 10.0. The summed E-state index contributed by atoms with van der Waals surface area (Å²) < 4.78 is 3.90. The Morgan fingerprint density at radius 3 is 2.81 bits per heavy atom. The van der Waals surface area contributed by atoms with Gasteiger partial charge in [-0.1, -0.05) is 11.8 Å². The molecular formula is C14H17N5OS. The van der Waals surface area contributed by atoms with E-state index in [1.807, 2.05) is 42.1 Å². The summed E-state index contributed by atoms with van der Waals surface area (Å²) in [6.45, 7) is 4.02. The molecule has 0 saturated heterocycles. The van der Waals surface area contributed by atoms with E-state index in [9.17, 15) is 5.11 Å². The molecule has 1 N–H and O–H groups in total. The van der Waals surface area contributed by atoms with E-state index < -0.39 is 0 Å². The van der Waals surface area contributed by atoms with Crippen LogP contribution in [-0.2, 0) is 19.4 Å². The second kappa shape index (κ2) is 5.50. The van der Waals surface area contributed by atoms with Crippen LogP contribution in [0.4, 0.5) is 0 Å². The minimum absolute atomic E-state index is 0.000810. The average Bonchev–Trinajstić information content (AvgIpc) is 3.00. The van der Waals surface area contributed by atoms with E-state index in [-0.39, 0.29) is 6.61 Å². The van der Waals surface area contributed by atoms with Crippen molar-refractivity contribution in [3.63, 3.8) is 0 Å². The Hall–Kier alpha value is -1.86. The highest BCUT2D eigenvalue weighted by Gasteiger charge is 2.10. The molecule has 0 aromatic carbocycles. The van der Waals surface area contributed by atoms with Crippen LogP contribution in [-0.4, -0.2) is 29.0 Å². The van der Waals surface area contributed by atoms with Crippen molar-refractivity contribution >= 4 is 17.5 Å². The van der Waals surface area contributed by atoms with Crippen molar-refractivity contribution in [1.82, 2.24) is 23.9 Å². The van der Waals surface area contributed by atoms with Crippen LogP contribution < -0.4 is 0 Å². The Bertz CT molecular complexity index is 792. The SMILES string of the molecule is Cc1cc(C)n2cc(CSc3ncc(CO)n3C)nc2n1. The van der Waals surface area contributed by atoms with Crippen molar-refractivity contribution in [2.75, 3.05) is 0 Å². The first-order chi connectivity index (χ1) is 10.1. The lowest BCUT2D eigenvalue weighted by molar-refractivity contribution is 0.271. The smallest absolute Gasteiger partial charge is 0.234 e. The molecule has 0 fully saturated rings. The topological polar surface area (TPSA) is 68.2 Å². The predicted molar refractivity (Wildman–Crippen MR) is 81.2 cm³/mol. The number of hydrogen-bond acceptors (Lipinski definition) is 5. The predicted octanol–water partition coefficient (Wildman–Crippen LogP) is 1.86. The average molecular weight is 303 g/mol. The fraction of sp³-hybridized carbons (Fsp3) is 0.357.